The van der Waals surface area contributed by atoms with Gasteiger partial charge >= 0.3 is 0 Å². The highest BCUT2D eigenvalue weighted by Crippen LogP contribution is 2.61. The van der Waals surface area contributed by atoms with Crippen LogP contribution < -0.4 is 0 Å². The average molecular weight is 506 g/mol. The van der Waals surface area contributed by atoms with E-state index in [0.29, 0.717) is 31.1 Å². The molecule has 7 atom stereocenters. The van der Waals surface area contributed by atoms with Gasteiger partial charge in [0.25, 0.3) is 0 Å². The molecule has 0 aromatic rings. The van der Waals surface area contributed by atoms with Crippen molar-refractivity contribution in [3.05, 3.63) is 0 Å². The van der Waals surface area contributed by atoms with Crippen molar-refractivity contribution >= 4 is 5.91 Å². The second-order valence-corrected chi connectivity index (χ2v) is 13.4. The summed E-state index contributed by atoms with van der Waals surface area (Å²) in [4.78, 5) is 14.9. The number of rotatable bonds is 15. The first-order chi connectivity index (χ1) is 17.4. The summed E-state index contributed by atoms with van der Waals surface area (Å²) in [5.41, 5.74) is 0.565. The van der Waals surface area contributed by atoms with E-state index in [1.807, 2.05) is 0 Å². The lowest BCUT2D eigenvalue weighted by Gasteiger charge is -2.58. The third-order valence-electron chi connectivity index (χ3n) is 11.0. The molecule has 3 aliphatic carbocycles. The van der Waals surface area contributed by atoms with Gasteiger partial charge in [-0.2, -0.15) is 0 Å². The molecule has 0 radical (unpaired) electrons. The minimum absolute atomic E-state index is 0.260. The summed E-state index contributed by atoms with van der Waals surface area (Å²) in [7, 11) is 0. The molecule has 0 aliphatic heterocycles. The normalized spacial score (nSPS) is 33.0. The zero-order chi connectivity index (χ0) is 26.0. The number of fused-ring (bicyclic) bond motifs is 3. The van der Waals surface area contributed by atoms with Crippen LogP contribution in [-0.4, -0.2) is 30.1 Å². The number of hydrogen-bond acceptors (Lipinski definition) is 1. The van der Waals surface area contributed by atoms with Crippen LogP contribution in [0.3, 0.4) is 0 Å². The van der Waals surface area contributed by atoms with E-state index in [0.717, 1.165) is 61.9 Å². The van der Waals surface area contributed by atoms with Gasteiger partial charge in [0.15, 0.2) is 0 Å². The van der Waals surface area contributed by atoms with Crippen LogP contribution in [0.25, 0.3) is 0 Å². The van der Waals surface area contributed by atoms with Crippen LogP contribution in [0.15, 0.2) is 0 Å². The number of unbranched alkanes of at least 4 members (excludes halogenated alkanes) is 4. The number of carbonyl (C=O) groups is 1. The van der Waals surface area contributed by atoms with Gasteiger partial charge in [0, 0.05) is 19.5 Å². The molecule has 0 aromatic carbocycles. The van der Waals surface area contributed by atoms with Crippen LogP contribution in [0.2, 0.25) is 0 Å². The fraction of sp³-hybridized carbons (Fsp3) is 0.970. The van der Waals surface area contributed by atoms with Gasteiger partial charge in [-0.25, -0.2) is 4.39 Å². The van der Waals surface area contributed by atoms with E-state index in [1.165, 1.54) is 77.0 Å². The first-order valence-electron chi connectivity index (χ1n) is 16.3. The number of nitrogens with zero attached hydrogens (tertiary/aromatic N) is 1. The molecule has 3 fully saturated rings. The summed E-state index contributed by atoms with van der Waals surface area (Å²) in [6.07, 6.45) is 21.2. The maximum Gasteiger partial charge on any atom is 0.222 e. The Bertz CT molecular complexity index is 627. The number of amides is 1. The fourth-order valence-corrected chi connectivity index (χ4v) is 8.73. The molecule has 4 unspecified atom stereocenters. The highest BCUT2D eigenvalue weighted by molar-refractivity contribution is 5.76. The lowest BCUT2D eigenvalue weighted by atomic mass is 9.47. The molecule has 0 spiro atoms. The lowest BCUT2D eigenvalue weighted by Crippen LogP contribution is -2.50. The van der Waals surface area contributed by atoms with E-state index in [-0.39, 0.29) is 5.91 Å². The molecule has 0 aromatic heterocycles. The maximum absolute atomic E-state index is 15.1. The van der Waals surface area contributed by atoms with Crippen molar-refractivity contribution in [2.45, 2.75) is 156 Å². The molecule has 2 nitrogen and oxygen atoms in total. The minimum Gasteiger partial charge on any atom is -0.343 e. The average Bonchev–Trinajstić information content (AvgIpc) is 2.86. The summed E-state index contributed by atoms with van der Waals surface area (Å²) in [6, 6.07) is 0. The third-order valence-corrected chi connectivity index (χ3v) is 11.0. The Morgan fingerprint density at radius 3 is 2.33 bits per heavy atom. The second-order valence-electron chi connectivity index (χ2n) is 13.4. The van der Waals surface area contributed by atoms with Gasteiger partial charge in [0.1, 0.15) is 6.17 Å². The number of alkyl halides is 1. The summed E-state index contributed by atoms with van der Waals surface area (Å²) >= 11 is 0. The summed E-state index contributed by atoms with van der Waals surface area (Å²) in [6.45, 7) is 11.3. The van der Waals surface area contributed by atoms with Gasteiger partial charge in [-0.15, -0.1) is 0 Å². The van der Waals surface area contributed by atoms with Crippen LogP contribution >= 0.6 is 0 Å². The smallest absolute Gasteiger partial charge is 0.222 e. The Hall–Kier alpha value is -0.600. The molecular formula is C33H60FNO. The van der Waals surface area contributed by atoms with Gasteiger partial charge < -0.3 is 4.90 Å². The van der Waals surface area contributed by atoms with E-state index >= 15 is 4.39 Å². The van der Waals surface area contributed by atoms with Crippen LogP contribution in [0.1, 0.15) is 150 Å². The largest absolute Gasteiger partial charge is 0.343 e. The Kier molecular flexibility index (Phi) is 12.6. The quantitative estimate of drug-likeness (QED) is 0.203. The van der Waals surface area contributed by atoms with Gasteiger partial charge in [0.05, 0.1) is 0 Å². The summed E-state index contributed by atoms with van der Waals surface area (Å²) in [5.74, 6) is 4.41. The monoisotopic (exact) mass is 505 g/mol. The third kappa shape index (κ3) is 7.95. The molecule has 0 bridgehead atoms. The van der Waals surface area contributed by atoms with E-state index in [9.17, 15) is 4.79 Å². The van der Waals surface area contributed by atoms with Crippen molar-refractivity contribution in [1.82, 2.24) is 4.90 Å². The molecule has 3 aliphatic rings. The van der Waals surface area contributed by atoms with Gasteiger partial charge in [-0.05, 0) is 106 Å². The van der Waals surface area contributed by atoms with E-state index in [4.69, 9.17) is 0 Å². The standard InChI is InChI=1S/C33H60FNO/c1-5-7-11-24-35(25-12-8-6-2)32(36)16-13-15-28(34)19-21-29-26(3)17-22-31-30(29)20-18-27-14-9-10-23-33(27,31)4/h26-31H,5-25H2,1-4H3/t26-,27?,28+,29?,30?,31?,33+/m1/s1. The van der Waals surface area contributed by atoms with Crippen molar-refractivity contribution < 1.29 is 9.18 Å². The van der Waals surface area contributed by atoms with Crippen LogP contribution in [0.4, 0.5) is 4.39 Å². The lowest BCUT2D eigenvalue weighted by molar-refractivity contribution is -0.131. The fourth-order valence-electron chi connectivity index (χ4n) is 8.73. The van der Waals surface area contributed by atoms with Crippen molar-refractivity contribution in [3.63, 3.8) is 0 Å². The minimum atomic E-state index is -0.736. The Morgan fingerprint density at radius 2 is 1.64 bits per heavy atom. The zero-order valence-corrected chi connectivity index (χ0v) is 24.5. The van der Waals surface area contributed by atoms with Gasteiger partial charge in [-0.1, -0.05) is 72.6 Å². The molecule has 3 heteroatoms. The predicted octanol–water partition coefficient (Wildman–Crippen LogP) is 9.75. The van der Waals surface area contributed by atoms with Gasteiger partial charge in [0.2, 0.25) is 5.91 Å². The van der Waals surface area contributed by atoms with E-state index in [2.05, 4.69) is 32.6 Å². The molecule has 36 heavy (non-hydrogen) atoms. The maximum atomic E-state index is 15.1. The Labute approximate surface area is 223 Å². The Balaban J connectivity index is 1.43. The highest BCUT2D eigenvalue weighted by atomic mass is 19.1. The topological polar surface area (TPSA) is 20.3 Å². The van der Waals surface area contributed by atoms with Crippen LogP contribution in [0, 0.1) is 35.0 Å². The van der Waals surface area contributed by atoms with E-state index < -0.39 is 6.17 Å². The molecular weight excluding hydrogens is 445 g/mol. The zero-order valence-electron chi connectivity index (χ0n) is 24.5. The first-order valence-corrected chi connectivity index (χ1v) is 16.3. The molecule has 0 saturated heterocycles. The molecule has 3 rings (SSSR count). The highest BCUT2D eigenvalue weighted by Gasteiger charge is 2.52. The first kappa shape index (κ1) is 29.9. The van der Waals surface area contributed by atoms with Crippen molar-refractivity contribution in [1.29, 1.82) is 0 Å². The molecule has 210 valence electrons. The van der Waals surface area contributed by atoms with Gasteiger partial charge in [-0.3, -0.25) is 4.79 Å². The molecule has 0 heterocycles. The Morgan fingerprint density at radius 1 is 0.917 bits per heavy atom. The van der Waals surface area contributed by atoms with Crippen LogP contribution in [0.5, 0.6) is 0 Å². The van der Waals surface area contributed by atoms with Crippen molar-refractivity contribution in [3.8, 4) is 0 Å². The summed E-state index contributed by atoms with van der Waals surface area (Å²) in [5, 5.41) is 0. The molecule has 3 saturated carbocycles. The summed E-state index contributed by atoms with van der Waals surface area (Å²) < 4.78 is 15.1. The van der Waals surface area contributed by atoms with Crippen LogP contribution in [-0.2, 0) is 4.79 Å². The van der Waals surface area contributed by atoms with Crippen molar-refractivity contribution in [2.24, 2.45) is 35.0 Å². The van der Waals surface area contributed by atoms with E-state index in [1.54, 1.807) is 0 Å². The second kappa shape index (κ2) is 15.1. The number of halogens is 1. The number of hydrogen-bond donors (Lipinski definition) is 0. The predicted molar refractivity (Wildman–Crippen MR) is 152 cm³/mol. The number of carbonyl (C=O) groups excluding carboxylic acids is 1. The molecule has 0 N–H and O–H groups in total. The SMILES string of the molecule is CCCCCN(CCCCC)C(=O)CCC[C@H](F)CCC1C2CCC3CCCC[C@]3(C)C2CC[C@H]1C. The van der Waals surface area contributed by atoms with Crippen molar-refractivity contribution in [2.75, 3.05) is 13.1 Å². The molecule has 1 amide bonds.